The number of pyridine rings is 1. The molecule has 0 aliphatic heterocycles. The van der Waals surface area contributed by atoms with Crippen LogP contribution in [-0.4, -0.2) is 16.0 Å². The molecule has 0 atom stereocenters. The third kappa shape index (κ3) is 3.10. The van der Waals surface area contributed by atoms with Crippen molar-refractivity contribution in [1.29, 1.82) is 0 Å². The number of aromatic nitrogens is 2. The lowest BCUT2D eigenvalue weighted by Gasteiger charge is -2.13. The first-order valence-electron chi connectivity index (χ1n) is 6.77. The van der Waals surface area contributed by atoms with Crippen molar-refractivity contribution in [3.63, 3.8) is 0 Å². The summed E-state index contributed by atoms with van der Waals surface area (Å²) >= 11 is 0. The molecule has 0 aromatic carbocycles. The number of rotatable bonds is 6. The maximum absolute atomic E-state index is 12.2. The summed E-state index contributed by atoms with van der Waals surface area (Å²) in [5.74, 6) is 0.520. The molecule has 5 nitrogen and oxygen atoms in total. The van der Waals surface area contributed by atoms with Crippen LogP contribution in [0.3, 0.4) is 0 Å². The molecule has 19 heavy (non-hydrogen) atoms. The van der Waals surface area contributed by atoms with E-state index in [4.69, 9.17) is 4.52 Å². The Morgan fingerprint density at radius 1 is 1.37 bits per heavy atom. The molecular formula is C14H19N3O2. The number of carbonyl (C=O) groups excluding carboxylic acids is 1. The minimum Gasteiger partial charge on any atom is -0.334 e. The molecule has 0 spiro atoms. The van der Waals surface area contributed by atoms with Gasteiger partial charge < -0.3 is 9.84 Å². The first-order valence-corrected chi connectivity index (χ1v) is 6.77. The number of carbonyl (C=O) groups is 1. The van der Waals surface area contributed by atoms with Gasteiger partial charge in [-0.1, -0.05) is 31.8 Å². The van der Waals surface area contributed by atoms with E-state index in [-0.39, 0.29) is 11.8 Å². The van der Waals surface area contributed by atoms with E-state index in [1.54, 1.807) is 12.3 Å². The zero-order valence-corrected chi connectivity index (χ0v) is 11.3. The summed E-state index contributed by atoms with van der Waals surface area (Å²) in [6.45, 7) is 4.18. The molecule has 1 N–H and O–H groups in total. The van der Waals surface area contributed by atoms with Crippen LogP contribution in [0.5, 0.6) is 0 Å². The van der Waals surface area contributed by atoms with Crippen LogP contribution < -0.4 is 5.32 Å². The van der Waals surface area contributed by atoms with Gasteiger partial charge in [0.15, 0.2) is 5.82 Å². The number of nitrogens with zero attached hydrogens (tertiary/aromatic N) is 2. The number of anilines is 1. The number of hydrogen-bond acceptors (Lipinski definition) is 4. The Morgan fingerprint density at radius 2 is 2.11 bits per heavy atom. The van der Waals surface area contributed by atoms with E-state index < -0.39 is 0 Å². The van der Waals surface area contributed by atoms with Crippen LogP contribution in [0, 0.1) is 5.92 Å². The van der Waals surface area contributed by atoms with E-state index in [0.717, 1.165) is 31.1 Å². The molecule has 0 saturated heterocycles. The molecule has 0 saturated carbocycles. The molecule has 5 heteroatoms. The van der Waals surface area contributed by atoms with Crippen LogP contribution in [0.1, 0.15) is 39.5 Å². The zero-order valence-electron chi connectivity index (χ0n) is 11.3. The first-order chi connectivity index (χ1) is 9.26. The minimum atomic E-state index is 0.0164. The fourth-order valence-corrected chi connectivity index (χ4v) is 2.19. The highest BCUT2D eigenvalue weighted by Gasteiger charge is 2.19. The number of amides is 1. The van der Waals surface area contributed by atoms with Crippen LogP contribution in [-0.2, 0) is 4.79 Å². The maximum Gasteiger partial charge on any atom is 0.259 e. The summed E-state index contributed by atoms with van der Waals surface area (Å²) in [5.41, 5.74) is 0.445. The van der Waals surface area contributed by atoms with Crippen molar-refractivity contribution in [2.75, 3.05) is 5.32 Å². The number of nitrogens with one attached hydrogen (secondary N) is 1. The zero-order chi connectivity index (χ0) is 13.7. The van der Waals surface area contributed by atoms with Crippen molar-refractivity contribution in [3.05, 3.63) is 18.3 Å². The summed E-state index contributed by atoms with van der Waals surface area (Å²) in [7, 11) is 0. The van der Waals surface area contributed by atoms with Gasteiger partial charge in [-0.2, -0.15) is 0 Å². The summed E-state index contributed by atoms with van der Waals surface area (Å²) in [6.07, 6.45) is 5.43. The van der Waals surface area contributed by atoms with E-state index in [1.807, 2.05) is 6.07 Å². The number of hydrogen-bond donors (Lipinski definition) is 1. The molecule has 2 rings (SSSR count). The molecule has 0 radical (unpaired) electrons. The predicted molar refractivity (Wildman–Crippen MR) is 73.7 cm³/mol. The third-order valence-electron chi connectivity index (χ3n) is 3.14. The van der Waals surface area contributed by atoms with E-state index >= 15 is 0 Å². The van der Waals surface area contributed by atoms with Crippen LogP contribution in [0.15, 0.2) is 22.9 Å². The molecule has 0 aliphatic rings. The Bertz CT molecular complexity index is 544. The quantitative estimate of drug-likeness (QED) is 0.865. The Kier molecular flexibility index (Phi) is 4.49. The maximum atomic E-state index is 12.2. The molecule has 0 aliphatic carbocycles. The van der Waals surface area contributed by atoms with E-state index in [2.05, 4.69) is 29.3 Å². The molecular weight excluding hydrogens is 242 g/mol. The minimum absolute atomic E-state index is 0.0164. The van der Waals surface area contributed by atoms with Crippen LogP contribution in [0.25, 0.3) is 11.1 Å². The lowest BCUT2D eigenvalue weighted by Crippen LogP contribution is -2.22. The second kappa shape index (κ2) is 6.31. The van der Waals surface area contributed by atoms with E-state index in [0.29, 0.717) is 11.5 Å². The van der Waals surface area contributed by atoms with E-state index in [1.165, 1.54) is 0 Å². The van der Waals surface area contributed by atoms with Crippen LogP contribution in [0.4, 0.5) is 5.82 Å². The van der Waals surface area contributed by atoms with Gasteiger partial charge >= 0.3 is 0 Å². The highest BCUT2D eigenvalue weighted by molar-refractivity contribution is 5.98. The summed E-state index contributed by atoms with van der Waals surface area (Å²) in [4.78, 5) is 16.3. The van der Waals surface area contributed by atoms with Crippen molar-refractivity contribution < 1.29 is 9.32 Å². The molecule has 0 unspecified atom stereocenters. The normalized spacial score (nSPS) is 11.1. The molecule has 0 fully saturated rings. The average Bonchev–Trinajstić information content (AvgIpc) is 2.82. The smallest absolute Gasteiger partial charge is 0.259 e. The molecule has 2 heterocycles. The SMILES string of the molecule is CCCC(CCC)C(=O)Nc1noc2ncccc12. The van der Waals surface area contributed by atoms with Gasteiger partial charge in [-0.05, 0) is 25.0 Å². The lowest BCUT2D eigenvalue weighted by atomic mass is 9.97. The van der Waals surface area contributed by atoms with Gasteiger partial charge in [0.2, 0.25) is 5.91 Å². The Labute approximate surface area is 112 Å². The second-order valence-corrected chi connectivity index (χ2v) is 4.65. The molecule has 0 bridgehead atoms. The Morgan fingerprint density at radius 3 is 2.79 bits per heavy atom. The lowest BCUT2D eigenvalue weighted by molar-refractivity contribution is -0.120. The fraction of sp³-hybridized carbons (Fsp3) is 0.500. The molecule has 2 aromatic heterocycles. The van der Waals surface area contributed by atoms with Gasteiger partial charge in [-0.15, -0.1) is 0 Å². The molecule has 2 aromatic rings. The second-order valence-electron chi connectivity index (χ2n) is 4.65. The van der Waals surface area contributed by atoms with Gasteiger partial charge in [0.1, 0.15) is 0 Å². The topological polar surface area (TPSA) is 68.0 Å². The highest BCUT2D eigenvalue weighted by Crippen LogP contribution is 2.22. The molecule has 102 valence electrons. The van der Waals surface area contributed by atoms with Gasteiger partial charge in [-0.3, -0.25) is 4.79 Å². The standard InChI is InChI=1S/C14H19N3O2/c1-3-6-10(7-4-2)13(18)16-12-11-8-5-9-15-14(11)19-17-12/h5,8-10H,3-4,6-7H2,1-2H3,(H,16,17,18). The average molecular weight is 261 g/mol. The van der Waals surface area contributed by atoms with Gasteiger partial charge in [0.05, 0.1) is 5.39 Å². The van der Waals surface area contributed by atoms with Crippen molar-refractivity contribution >= 4 is 22.8 Å². The van der Waals surface area contributed by atoms with Crippen LogP contribution in [0.2, 0.25) is 0 Å². The van der Waals surface area contributed by atoms with Gasteiger partial charge in [-0.25, -0.2) is 4.98 Å². The largest absolute Gasteiger partial charge is 0.334 e. The van der Waals surface area contributed by atoms with Crippen molar-refractivity contribution in [1.82, 2.24) is 10.1 Å². The van der Waals surface area contributed by atoms with Gasteiger partial charge in [0.25, 0.3) is 5.71 Å². The Hall–Kier alpha value is -1.91. The highest BCUT2D eigenvalue weighted by atomic mass is 16.5. The van der Waals surface area contributed by atoms with Crippen LogP contribution >= 0.6 is 0 Å². The summed E-state index contributed by atoms with van der Waals surface area (Å²) in [5, 5.41) is 7.46. The van der Waals surface area contributed by atoms with Crippen molar-refractivity contribution in [2.45, 2.75) is 39.5 Å². The first kappa shape index (κ1) is 13.5. The van der Waals surface area contributed by atoms with Crippen molar-refractivity contribution in [3.8, 4) is 0 Å². The fourth-order valence-electron chi connectivity index (χ4n) is 2.19. The summed E-state index contributed by atoms with van der Waals surface area (Å²) < 4.78 is 5.07. The number of fused-ring (bicyclic) bond motifs is 1. The predicted octanol–water partition coefficient (Wildman–Crippen LogP) is 3.38. The van der Waals surface area contributed by atoms with E-state index in [9.17, 15) is 4.79 Å². The summed E-state index contributed by atoms with van der Waals surface area (Å²) in [6, 6.07) is 3.63. The third-order valence-corrected chi connectivity index (χ3v) is 3.14. The van der Waals surface area contributed by atoms with Crippen molar-refractivity contribution in [2.24, 2.45) is 5.92 Å². The monoisotopic (exact) mass is 261 g/mol. The molecule has 1 amide bonds. The van der Waals surface area contributed by atoms with Gasteiger partial charge in [0, 0.05) is 12.1 Å². The Balaban J connectivity index is 2.13.